The van der Waals surface area contributed by atoms with E-state index in [0.29, 0.717) is 19.3 Å². The number of aryl methyl sites for hydroxylation is 2. The highest BCUT2D eigenvalue weighted by atomic mass is 16.1. The van der Waals surface area contributed by atoms with Gasteiger partial charge in [0, 0.05) is 37.2 Å². The lowest BCUT2D eigenvalue weighted by Crippen LogP contribution is -2.66. The summed E-state index contributed by atoms with van der Waals surface area (Å²) in [5.41, 5.74) is 12.8. The number of nitrogens with one attached hydrogen (secondary N) is 1. The first-order valence-corrected chi connectivity index (χ1v) is 15.0. The number of aromatic nitrogens is 3. The normalized spacial score (nSPS) is 24.5. The van der Waals surface area contributed by atoms with E-state index in [4.69, 9.17) is 11.5 Å². The third-order valence-corrected chi connectivity index (χ3v) is 8.30. The number of nitrogens with zero attached hydrogens (tertiary/aromatic N) is 3. The molecule has 0 aromatic carbocycles. The summed E-state index contributed by atoms with van der Waals surface area (Å²) < 4.78 is 1.92. The Bertz CT molecular complexity index is 733. The van der Waals surface area contributed by atoms with Gasteiger partial charge in [-0.25, -0.2) is 0 Å². The van der Waals surface area contributed by atoms with Crippen molar-refractivity contribution in [2.75, 3.05) is 0 Å². The van der Waals surface area contributed by atoms with Gasteiger partial charge in [-0.2, -0.15) is 0 Å². The third kappa shape index (κ3) is 11.3. The first-order chi connectivity index (χ1) is 17.3. The van der Waals surface area contributed by atoms with E-state index in [1.807, 2.05) is 24.7 Å². The summed E-state index contributed by atoms with van der Waals surface area (Å²) in [6.45, 7) is 7.26. The Morgan fingerprint density at radius 1 is 1.03 bits per heavy atom. The fraction of sp³-hybridized carbons (Fsp3) is 0.897. The Labute approximate surface area is 220 Å². The summed E-state index contributed by atoms with van der Waals surface area (Å²) in [6, 6.07) is 0.0747. The molecule has 7 heteroatoms. The summed E-state index contributed by atoms with van der Waals surface area (Å²) in [5, 5.41) is 11.8. The standard InChI is InChI=1S/C29H56N6O/c1-4-5-6-7-8-9-10-11-12-13-14-15-16-22-35-24-26(33-34-35)19-20-27(36)32-29(3)23-25(30)18-17-21-28(29,2)31/h24-25H,4-23,30-31H2,1-3H3,(H,32,36). The molecule has 0 saturated heterocycles. The van der Waals surface area contributed by atoms with E-state index in [2.05, 4.69) is 22.6 Å². The fourth-order valence-corrected chi connectivity index (χ4v) is 5.53. The van der Waals surface area contributed by atoms with Gasteiger partial charge in [-0.3, -0.25) is 9.48 Å². The van der Waals surface area contributed by atoms with Crippen LogP contribution in [0.4, 0.5) is 0 Å². The molecule has 2 rings (SSSR count). The summed E-state index contributed by atoms with van der Waals surface area (Å²) >= 11 is 0. The molecule has 1 aromatic heterocycles. The molecule has 1 saturated carbocycles. The number of nitrogens with two attached hydrogens (primary N) is 2. The van der Waals surface area contributed by atoms with E-state index in [9.17, 15) is 4.79 Å². The minimum Gasteiger partial charge on any atom is -0.349 e. The summed E-state index contributed by atoms with van der Waals surface area (Å²) in [6.07, 6.45) is 24.1. The Hall–Kier alpha value is -1.47. The van der Waals surface area contributed by atoms with Gasteiger partial charge in [0.25, 0.3) is 0 Å². The zero-order chi connectivity index (χ0) is 26.3. The minimum absolute atomic E-state index is 0.00863. The van der Waals surface area contributed by atoms with E-state index in [1.165, 1.54) is 77.0 Å². The number of amides is 1. The molecule has 3 unspecified atom stereocenters. The molecule has 0 radical (unpaired) electrons. The average molecular weight is 505 g/mol. The molecule has 36 heavy (non-hydrogen) atoms. The number of carbonyl (C=O) groups is 1. The first kappa shape index (κ1) is 30.8. The van der Waals surface area contributed by atoms with Gasteiger partial charge in [0.05, 0.1) is 11.2 Å². The highest BCUT2D eigenvalue weighted by molar-refractivity contribution is 5.77. The number of rotatable bonds is 18. The Kier molecular flexibility index (Phi) is 14.0. The Balaban J connectivity index is 1.55. The van der Waals surface area contributed by atoms with Crippen LogP contribution < -0.4 is 16.8 Å². The van der Waals surface area contributed by atoms with Gasteiger partial charge in [0.1, 0.15) is 0 Å². The van der Waals surface area contributed by atoms with E-state index in [0.717, 1.165) is 37.9 Å². The van der Waals surface area contributed by atoms with E-state index < -0.39 is 11.1 Å². The molecule has 1 aromatic rings. The Morgan fingerprint density at radius 2 is 1.61 bits per heavy atom. The van der Waals surface area contributed by atoms with Crippen molar-refractivity contribution < 1.29 is 4.79 Å². The molecular weight excluding hydrogens is 448 g/mol. The smallest absolute Gasteiger partial charge is 0.220 e. The molecule has 1 aliphatic rings. The summed E-state index contributed by atoms with van der Waals surface area (Å²) in [7, 11) is 0. The Morgan fingerprint density at radius 3 is 2.22 bits per heavy atom. The molecular formula is C29H56N6O. The van der Waals surface area contributed by atoms with Crippen molar-refractivity contribution in [1.82, 2.24) is 20.3 Å². The fourth-order valence-electron chi connectivity index (χ4n) is 5.53. The lowest BCUT2D eigenvalue weighted by Gasteiger charge is -2.44. The molecule has 0 aliphatic heterocycles. The highest BCUT2D eigenvalue weighted by Gasteiger charge is 2.45. The van der Waals surface area contributed by atoms with Crippen LogP contribution in [-0.4, -0.2) is 38.0 Å². The average Bonchev–Trinajstić information content (AvgIpc) is 3.24. The van der Waals surface area contributed by atoms with Crippen molar-refractivity contribution in [3.05, 3.63) is 11.9 Å². The lowest BCUT2D eigenvalue weighted by molar-refractivity contribution is -0.123. The summed E-state index contributed by atoms with van der Waals surface area (Å²) in [4.78, 5) is 12.7. The van der Waals surface area contributed by atoms with Crippen LogP contribution in [0.5, 0.6) is 0 Å². The van der Waals surface area contributed by atoms with Gasteiger partial charge in [0.15, 0.2) is 0 Å². The molecule has 5 N–H and O–H groups in total. The number of carbonyl (C=O) groups excluding carboxylic acids is 1. The minimum atomic E-state index is -0.494. The van der Waals surface area contributed by atoms with Crippen molar-refractivity contribution in [2.45, 2.75) is 166 Å². The van der Waals surface area contributed by atoms with Crippen LogP contribution in [-0.2, 0) is 17.8 Å². The quantitative estimate of drug-likeness (QED) is 0.173. The zero-order valence-electron chi connectivity index (χ0n) is 23.7. The highest BCUT2D eigenvalue weighted by Crippen LogP contribution is 2.33. The molecule has 0 spiro atoms. The number of hydrogen-bond acceptors (Lipinski definition) is 5. The van der Waals surface area contributed by atoms with Crippen LogP contribution in [0.2, 0.25) is 0 Å². The monoisotopic (exact) mass is 504 g/mol. The molecule has 0 bridgehead atoms. The van der Waals surface area contributed by atoms with Crippen LogP contribution in [0.3, 0.4) is 0 Å². The van der Waals surface area contributed by atoms with Gasteiger partial charge in [-0.1, -0.05) is 95.6 Å². The van der Waals surface area contributed by atoms with Crippen LogP contribution in [0.1, 0.15) is 142 Å². The lowest BCUT2D eigenvalue weighted by atomic mass is 9.75. The van der Waals surface area contributed by atoms with Gasteiger partial charge in [-0.15, -0.1) is 5.10 Å². The molecule has 1 amide bonds. The van der Waals surface area contributed by atoms with Gasteiger partial charge >= 0.3 is 0 Å². The third-order valence-electron chi connectivity index (χ3n) is 8.30. The SMILES string of the molecule is CCCCCCCCCCCCCCCn1cc(CCC(=O)NC2(C)CC(N)CCCC2(C)N)nn1. The van der Waals surface area contributed by atoms with Crippen molar-refractivity contribution in [3.63, 3.8) is 0 Å². The van der Waals surface area contributed by atoms with Crippen molar-refractivity contribution in [1.29, 1.82) is 0 Å². The first-order valence-electron chi connectivity index (χ1n) is 15.0. The van der Waals surface area contributed by atoms with Crippen LogP contribution >= 0.6 is 0 Å². The maximum Gasteiger partial charge on any atom is 0.220 e. The van der Waals surface area contributed by atoms with E-state index >= 15 is 0 Å². The maximum atomic E-state index is 12.7. The van der Waals surface area contributed by atoms with E-state index in [-0.39, 0.29) is 11.9 Å². The number of unbranched alkanes of at least 4 members (excludes halogenated alkanes) is 12. The van der Waals surface area contributed by atoms with Gasteiger partial charge < -0.3 is 16.8 Å². The zero-order valence-corrected chi connectivity index (χ0v) is 23.7. The van der Waals surface area contributed by atoms with Crippen LogP contribution in [0.25, 0.3) is 0 Å². The molecule has 3 atom stereocenters. The van der Waals surface area contributed by atoms with Crippen molar-refractivity contribution in [3.8, 4) is 0 Å². The van der Waals surface area contributed by atoms with E-state index in [1.54, 1.807) is 0 Å². The predicted molar refractivity (Wildman–Crippen MR) is 150 cm³/mol. The van der Waals surface area contributed by atoms with Crippen molar-refractivity contribution >= 4 is 5.91 Å². The molecule has 1 aliphatic carbocycles. The van der Waals surface area contributed by atoms with Crippen LogP contribution in [0, 0.1) is 0 Å². The van der Waals surface area contributed by atoms with Gasteiger partial charge in [-0.05, 0) is 39.5 Å². The predicted octanol–water partition coefficient (Wildman–Crippen LogP) is 5.80. The molecule has 7 nitrogen and oxygen atoms in total. The number of hydrogen-bond donors (Lipinski definition) is 3. The molecule has 208 valence electrons. The molecule has 1 fully saturated rings. The molecule has 1 heterocycles. The second-order valence-corrected chi connectivity index (χ2v) is 11.9. The second-order valence-electron chi connectivity index (χ2n) is 11.9. The maximum absolute atomic E-state index is 12.7. The largest absolute Gasteiger partial charge is 0.349 e. The second kappa shape index (κ2) is 16.4. The topological polar surface area (TPSA) is 112 Å². The summed E-state index contributed by atoms with van der Waals surface area (Å²) in [5.74, 6) is 0.00863. The van der Waals surface area contributed by atoms with Gasteiger partial charge in [0.2, 0.25) is 5.91 Å². The van der Waals surface area contributed by atoms with Crippen molar-refractivity contribution in [2.24, 2.45) is 11.5 Å². The van der Waals surface area contributed by atoms with Crippen LogP contribution in [0.15, 0.2) is 6.20 Å².